The largest absolute Gasteiger partial charge is 0.493 e. The normalized spacial score (nSPS) is 10.7. The quantitative estimate of drug-likeness (QED) is 0.653. The van der Waals surface area contributed by atoms with Crippen molar-refractivity contribution < 1.29 is 14.3 Å². The van der Waals surface area contributed by atoms with E-state index in [-0.39, 0.29) is 31.1 Å². The van der Waals surface area contributed by atoms with Crippen molar-refractivity contribution in [3.63, 3.8) is 0 Å². The van der Waals surface area contributed by atoms with E-state index in [0.717, 1.165) is 10.1 Å². The van der Waals surface area contributed by atoms with Gasteiger partial charge in [0.1, 0.15) is 6.54 Å². The van der Waals surface area contributed by atoms with Crippen LogP contribution in [-0.2, 0) is 24.4 Å². The number of hydrogen-bond acceptors (Lipinski definition) is 5. The van der Waals surface area contributed by atoms with E-state index in [0.29, 0.717) is 22.4 Å². The average Bonchev–Trinajstić information content (AvgIpc) is 2.75. The average molecular weight is 397 g/mol. The minimum atomic E-state index is -0.502. The summed E-state index contributed by atoms with van der Waals surface area (Å²) in [7, 11) is 3.09. The highest BCUT2D eigenvalue weighted by molar-refractivity contribution is 5.81. The van der Waals surface area contributed by atoms with Gasteiger partial charge in [-0.3, -0.25) is 18.7 Å². The molecule has 0 unspecified atom stereocenters. The van der Waals surface area contributed by atoms with Gasteiger partial charge in [-0.25, -0.2) is 4.79 Å². The van der Waals surface area contributed by atoms with Gasteiger partial charge in [0.25, 0.3) is 5.56 Å². The molecule has 0 aliphatic carbocycles. The highest BCUT2D eigenvalue weighted by Gasteiger charge is 2.14. The summed E-state index contributed by atoms with van der Waals surface area (Å²) in [5, 5.41) is 3.20. The van der Waals surface area contributed by atoms with Gasteiger partial charge in [-0.05, 0) is 36.8 Å². The van der Waals surface area contributed by atoms with Crippen molar-refractivity contribution >= 4 is 16.8 Å². The molecule has 3 rings (SSSR count). The summed E-state index contributed by atoms with van der Waals surface area (Å²) in [4.78, 5) is 37.7. The van der Waals surface area contributed by atoms with Crippen LogP contribution >= 0.6 is 0 Å². The maximum atomic E-state index is 12.7. The zero-order valence-corrected chi connectivity index (χ0v) is 16.6. The van der Waals surface area contributed by atoms with Crippen LogP contribution in [0.25, 0.3) is 10.9 Å². The highest BCUT2D eigenvalue weighted by Crippen LogP contribution is 2.27. The third kappa shape index (κ3) is 4.01. The van der Waals surface area contributed by atoms with Gasteiger partial charge >= 0.3 is 5.69 Å². The molecule has 152 valence electrons. The number of nitrogens with zero attached hydrogens (tertiary/aromatic N) is 2. The maximum absolute atomic E-state index is 12.7. The zero-order chi connectivity index (χ0) is 21.0. The van der Waals surface area contributed by atoms with Gasteiger partial charge in [-0.15, -0.1) is 0 Å². The summed E-state index contributed by atoms with van der Waals surface area (Å²) in [5.41, 5.74) is 0.410. The Morgan fingerprint density at radius 1 is 1.00 bits per heavy atom. The Balaban J connectivity index is 1.84. The molecule has 1 heterocycles. The molecule has 0 bridgehead atoms. The number of carbonyl (C=O) groups is 1. The molecule has 8 nitrogen and oxygen atoms in total. The van der Waals surface area contributed by atoms with Crippen LogP contribution in [0.4, 0.5) is 0 Å². The molecule has 0 saturated carbocycles. The summed E-state index contributed by atoms with van der Waals surface area (Å²) in [6.45, 7) is 2.03. The maximum Gasteiger partial charge on any atom is 0.331 e. The number of methoxy groups -OCH3 is 2. The minimum Gasteiger partial charge on any atom is -0.493 e. The molecule has 3 aromatic rings. The zero-order valence-electron chi connectivity index (χ0n) is 16.6. The molecule has 0 aliphatic heterocycles. The van der Waals surface area contributed by atoms with E-state index in [2.05, 4.69) is 5.32 Å². The Bertz CT molecular complexity index is 1160. The summed E-state index contributed by atoms with van der Waals surface area (Å²) >= 11 is 0. The van der Waals surface area contributed by atoms with E-state index in [1.165, 1.54) is 4.57 Å². The Kier molecular flexibility index (Phi) is 6.01. The van der Waals surface area contributed by atoms with E-state index >= 15 is 0 Å². The van der Waals surface area contributed by atoms with Crippen LogP contribution in [0.5, 0.6) is 11.5 Å². The first-order valence-corrected chi connectivity index (χ1v) is 9.20. The number of fused-ring (bicyclic) bond motifs is 1. The molecule has 29 heavy (non-hydrogen) atoms. The highest BCUT2D eigenvalue weighted by atomic mass is 16.5. The van der Waals surface area contributed by atoms with Crippen LogP contribution < -0.4 is 26.0 Å². The Morgan fingerprint density at radius 3 is 2.41 bits per heavy atom. The first-order valence-electron chi connectivity index (χ1n) is 9.20. The lowest BCUT2D eigenvalue weighted by Gasteiger charge is -2.14. The van der Waals surface area contributed by atoms with Gasteiger partial charge < -0.3 is 14.8 Å². The van der Waals surface area contributed by atoms with Crippen molar-refractivity contribution in [3.8, 4) is 11.5 Å². The lowest BCUT2D eigenvalue weighted by atomic mass is 10.2. The number of hydrogen-bond donors (Lipinski definition) is 1. The lowest BCUT2D eigenvalue weighted by molar-refractivity contribution is -0.121. The Morgan fingerprint density at radius 2 is 1.72 bits per heavy atom. The summed E-state index contributed by atoms with van der Waals surface area (Å²) < 4.78 is 12.9. The molecule has 0 saturated heterocycles. The summed E-state index contributed by atoms with van der Waals surface area (Å²) in [5.74, 6) is 0.826. The molecule has 0 atom stereocenters. The van der Waals surface area contributed by atoms with Crippen LogP contribution in [0.15, 0.2) is 52.1 Å². The van der Waals surface area contributed by atoms with Gasteiger partial charge in [0.2, 0.25) is 5.91 Å². The van der Waals surface area contributed by atoms with Gasteiger partial charge in [0.05, 0.1) is 25.1 Å². The number of ether oxygens (including phenoxy) is 2. The molecule has 0 radical (unpaired) electrons. The summed E-state index contributed by atoms with van der Waals surface area (Å²) in [6, 6.07) is 12.1. The molecule has 1 N–H and O–H groups in total. The van der Waals surface area contributed by atoms with Gasteiger partial charge in [0, 0.05) is 13.1 Å². The minimum absolute atomic E-state index is 0.188. The monoisotopic (exact) mass is 397 g/mol. The second kappa shape index (κ2) is 8.64. The van der Waals surface area contributed by atoms with Gasteiger partial charge in [-0.2, -0.15) is 0 Å². The smallest absolute Gasteiger partial charge is 0.331 e. The standard InChI is InChI=1S/C21H23N3O5/c1-4-23-20(26)15-7-5-6-8-16(15)24(21(23)27)13-19(25)22-12-14-9-10-17(28-2)18(11-14)29-3/h5-11H,4,12-13H2,1-3H3,(H,22,25). The van der Waals surface area contributed by atoms with Crippen molar-refractivity contribution in [2.24, 2.45) is 0 Å². The fraction of sp³-hybridized carbons (Fsp3) is 0.286. The van der Waals surface area contributed by atoms with E-state index in [4.69, 9.17) is 9.47 Å². The number of nitrogens with one attached hydrogen (secondary N) is 1. The SMILES string of the molecule is CCn1c(=O)c2ccccc2n(CC(=O)NCc2ccc(OC)c(OC)c2)c1=O. The Labute approximate surface area is 167 Å². The van der Waals surface area contributed by atoms with Crippen molar-refractivity contribution in [1.29, 1.82) is 0 Å². The van der Waals surface area contributed by atoms with Crippen LogP contribution in [-0.4, -0.2) is 29.3 Å². The van der Waals surface area contributed by atoms with Crippen molar-refractivity contribution in [3.05, 3.63) is 68.9 Å². The van der Waals surface area contributed by atoms with E-state index in [1.54, 1.807) is 57.5 Å². The predicted octanol–water partition coefficient (Wildman–Crippen LogP) is 1.52. The van der Waals surface area contributed by atoms with Gasteiger partial charge in [0.15, 0.2) is 11.5 Å². The lowest BCUT2D eigenvalue weighted by Crippen LogP contribution is -2.42. The molecule has 1 amide bonds. The first-order chi connectivity index (χ1) is 14.0. The second-order valence-electron chi connectivity index (χ2n) is 6.40. The topological polar surface area (TPSA) is 91.6 Å². The predicted molar refractivity (Wildman–Crippen MR) is 110 cm³/mol. The second-order valence-corrected chi connectivity index (χ2v) is 6.40. The molecular formula is C21H23N3O5. The molecule has 0 spiro atoms. The van der Waals surface area contributed by atoms with Crippen molar-refractivity contribution in [1.82, 2.24) is 14.5 Å². The number of carbonyl (C=O) groups excluding carboxylic acids is 1. The molecule has 0 fully saturated rings. The van der Waals surface area contributed by atoms with E-state index < -0.39 is 5.69 Å². The van der Waals surface area contributed by atoms with Crippen LogP contribution in [0.3, 0.4) is 0 Å². The number of rotatable bonds is 7. The third-order valence-corrected chi connectivity index (χ3v) is 4.69. The third-order valence-electron chi connectivity index (χ3n) is 4.69. The number of aromatic nitrogens is 2. The van der Waals surface area contributed by atoms with Crippen LogP contribution in [0, 0.1) is 0 Å². The summed E-state index contributed by atoms with van der Waals surface area (Å²) in [6.07, 6.45) is 0. The van der Waals surface area contributed by atoms with Gasteiger partial charge in [-0.1, -0.05) is 18.2 Å². The van der Waals surface area contributed by atoms with Crippen molar-refractivity contribution in [2.75, 3.05) is 14.2 Å². The van der Waals surface area contributed by atoms with Crippen LogP contribution in [0.2, 0.25) is 0 Å². The molecule has 1 aromatic heterocycles. The number of amides is 1. The van der Waals surface area contributed by atoms with Crippen LogP contribution in [0.1, 0.15) is 12.5 Å². The number of benzene rings is 2. The van der Waals surface area contributed by atoms with Crippen molar-refractivity contribution in [2.45, 2.75) is 26.6 Å². The fourth-order valence-electron chi connectivity index (χ4n) is 3.19. The van der Waals surface area contributed by atoms with E-state index in [9.17, 15) is 14.4 Å². The molecule has 8 heteroatoms. The molecule has 0 aliphatic rings. The molecular weight excluding hydrogens is 374 g/mol. The Hall–Kier alpha value is -3.55. The fourth-order valence-corrected chi connectivity index (χ4v) is 3.19. The first kappa shape index (κ1) is 20.2. The number of para-hydroxylation sites is 1. The molecule has 2 aromatic carbocycles. The van der Waals surface area contributed by atoms with E-state index in [1.807, 2.05) is 6.07 Å².